The highest BCUT2D eigenvalue weighted by Gasteiger charge is 2.39. The first-order valence-electron chi connectivity index (χ1n) is 12.6. The number of carbonyl (C=O) groups is 1. The van der Waals surface area contributed by atoms with Gasteiger partial charge in [0.2, 0.25) is 5.76 Å². The number of ether oxygens (including phenoxy) is 2. The summed E-state index contributed by atoms with van der Waals surface area (Å²) in [5.74, 6) is 0.364. The fourth-order valence-electron chi connectivity index (χ4n) is 5.09. The summed E-state index contributed by atoms with van der Waals surface area (Å²) in [5, 5.41) is 0. The maximum atomic E-state index is 13.4. The van der Waals surface area contributed by atoms with E-state index in [9.17, 15) is 4.79 Å². The largest absolute Gasteiger partial charge is 0.457 e. The molecule has 1 aliphatic carbocycles. The van der Waals surface area contributed by atoms with Crippen LogP contribution in [0.1, 0.15) is 40.0 Å². The number of imidazole rings is 1. The number of aromatic nitrogens is 2. The lowest BCUT2D eigenvalue weighted by Crippen LogP contribution is -2.37. The molecule has 5 nitrogen and oxygen atoms in total. The molecule has 0 amide bonds. The van der Waals surface area contributed by atoms with E-state index in [-0.39, 0.29) is 17.2 Å². The summed E-state index contributed by atoms with van der Waals surface area (Å²) < 4.78 is 13.5. The molecule has 3 aromatic carbocycles. The number of Topliss-reactive ketones (excluding diaryl/α,β-unsaturated/α-hetero) is 1. The molecule has 186 valence electrons. The zero-order chi connectivity index (χ0) is 25.8. The van der Waals surface area contributed by atoms with E-state index in [0.29, 0.717) is 5.76 Å². The van der Waals surface area contributed by atoms with Gasteiger partial charge in [-0.3, -0.25) is 4.79 Å². The third-order valence-electron chi connectivity index (χ3n) is 6.92. The molecule has 4 aromatic rings. The smallest absolute Gasteiger partial charge is 0.251 e. The Balaban J connectivity index is 1.40. The molecular weight excluding hydrogens is 472 g/mol. The highest BCUT2D eigenvalue weighted by atomic mass is 16.5. The second kappa shape index (κ2) is 10.2. The van der Waals surface area contributed by atoms with Crippen LogP contribution in [0.2, 0.25) is 0 Å². The molecule has 1 aliphatic heterocycles. The van der Waals surface area contributed by atoms with E-state index in [1.54, 1.807) is 12.5 Å². The van der Waals surface area contributed by atoms with Crippen molar-refractivity contribution in [2.45, 2.75) is 18.4 Å². The van der Waals surface area contributed by atoms with Crippen molar-refractivity contribution in [1.29, 1.82) is 0 Å². The van der Waals surface area contributed by atoms with E-state index in [4.69, 9.17) is 9.47 Å². The van der Waals surface area contributed by atoms with E-state index < -0.39 is 5.54 Å². The lowest BCUT2D eigenvalue weighted by Gasteiger charge is -2.37. The van der Waals surface area contributed by atoms with Gasteiger partial charge in [-0.25, -0.2) is 4.98 Å². The summed E-state index contributed by atoms with van der Waals surface area (Å²) in [5.41, 5.74) is 3.70. The van der Waals surface area contributed by atoms with Crippen molar-refractivity contribution in [3.8, 4) is 0 Å². The van der Waals surface area contributed by atoms with Gasteiger partial charge in [-0.15, -0.1) is 0 Å². The van der Waals surface area contributed by atoms with Crippen LogP contribution in [-0.2, 0) is 15.0 Å². The summed E-state index contributed by atoms with van der Waals surface area (Å²) in [4.78, 5) is 18.0. The average molecular weight is 499 g/mol. The molecule has 0 spiro atoms. The van der Waals surface area contributed by atoms with E-state index in [0.717, 1.165) is 35.1 Å². The van der Waals surface area contributed by atoms with Crippen LogP contribution in [0.15, 0.2) is 151 Å². The molecule has 2 aliphatic rings. The van der Waals surface area contributed by atoms with Crippen LogP contribution < -0.4 is 0 Å². The normalized spacial score (nSPS) is 15.0. The minimum atomic E-state index is -0.748. The number of hydrogen-bond acceptors (Lipinski definition) is 4. The van der Waals surface area contributed by atoms with Crippen molar-refractivity contribution in [1.82, 2.24) is 9.55 Å². The molecule has 0 saturated heterocycles. The molecule has 0 saturated carbocycles. The number of rotatable bonds is 7. The van der Waals surface area contributed by atoms with Gasteiger partial charge in [-0.2, -0.15) is 0 Å². The number of hydrogen-bond donors (Lipinski definition) is 0. The molecule has 5 heteroatoms. The highest BCUT2D eigenvalue weighted by Crippen LogP contribution is 2.41. The molecule has 6 rings (SSSR count). The third kappa shape index (κ3) is 4.18. The molecule has 1 aromatic heterocycles. The molecule has 0 N–H and O–H groups in total. The van der Waals surface area contributed by atoms with Gasteiger partial charge < -0.3 is 14.0 Å². The van der Waals surface area contributed by atoms with Crippen LogP contribution >= 0.6 is 0 Å². The Labute approximate surface area is 221 Å². The quantitative estimate of drug-likeness (QED) is 0.205. The minimum absolute atomic E-state index is 0.0932. The Hall–Kier alpha value is -4.90. The molecule has 38 heavy (non-hydrogen) atoms. The number of allylic oxidation sites excluding steroid dienone is 5. The Morgan fingerprint density at radius 3 is 1.89 bits per heavy atom. The highest BCUT2D eigenvalue weighted by molar-refractivity contribution is 6.05. The van der Waals surface area contributed by atoms with Gasteiger partial charge in [0.05, 0.1) is 6.33 Å². The molecule has 0 atom stereocenters. The molecular formula is C33H26N2O3. The molecule has 0 bridgehead atoms. The van der Waals surface area contributed by atoms with Crippen LogP contribution in [0.4, 0.5) is 0 Å². The van der Waals surface area contributed by atoms with Gasteiger partial charge in [-0.1, -0.05) is 109 Å². The van der Waals surface area contributed by atoms with Crippen molar-refractivity contribution in [2.24, 2.45) is 0 Å². The average Bonchev–Trinajstić information content (AvgIpc) is 3.50. The summed E-state index contributed by atoms with van der Waals surface area (Å²) in [6.45, 7) is 0. The van der Waals surface area contributed by atoms with Crippen LogP contribution in [0.3, 0.4) is 0 Å². The maximum Gasteiger partial charge on any atom is 0.251 e. The van der Waals surface area contributed by atoms with Crippen molar-refractivity contribution in [3.63, 3.8) is 0 Å². The molecule has 2 heterocycles. The van der Waals surface area contributed by atoms with Gasteiger partial charge in [0, 0.05) is 6.20 Å². The van der Waals surface area contributed by atoms with Gasteiger partial charge >= 0.3 is 0 Å². The Kier molecular flexibility index (Phi) is 6.32. The Bertz CT molecular complexity index is 1470. The summed E-state index contributed by atoms with van der Waals surface area (Å²) in [6.07, 6.45) is 14.3. The van der Waals surface area contributed by atoms with E-state index >= 15 is 0 Å². The van der Waals surface area contributed by atoms with Crippen LogP contribution in [-0.4, -0.2) is 15.3 Å². The van der Waals surface area contributed by atoms with Gasteiger partial charge in [0.15, 0.2) is 5.76 Å². The van der Waals surface area contributed by atoms with Crippen molar-refractivity contribution >= 4 is 5.78 Å². The number of benzene rings is 3. The number of nitrogens with zero attached hydrogens (tertiary/aromatic N) is 2. The first-order valence-corrected chi connectivity index (χ1v) is 12.6. The second-order valence-corrected chi connectivity index (χ2v) is 9.16. The first-order chi connectivity index (χ1) is 18.8. The topological polar surface area (TPSA) is 53.4 Å². The SMILES string of the molecule is O=C(C1=COC(C2=CC=CCC2)=CO1)c1cn(C(c2ccccc2)(c2ccccc2)c2ccccc2)cn1. The number of ketones is 1. The predicted octanol–water partition coefficient (Wildman–Crippen LogP) is 6.91. The van der Waals surface area contributed by atoms with Crippen molar-refractivity contribution < 1.29 is 14.3 Å². The van der Waals surface area contributed by atoms with Gasteiger partial charge in [0.1, 0.15) is 23.8 Å². The Morgan fingerprint density at radius 2 is 1.39 bits per heavy atom. The number of carbonyl (C=O) groups excluding carboxylic acids is 1. The summed E-state index contributed by atoms with van der Waals surface area (Å²) in [6, 6.07) is 30.8. The standard InChI is InChI=1S/C33H26N2O3/c36-32(31-23-37-30(22-38-31)25-13-5-1-6-14-25)29-21-35(24-34-29)33(26-15-7-2-8-16-26,27-17-9-3-10-18-27)28-19-11-4-12-20-28/h1-5,7-13,15-24H,6,14H2. The molecule has 0 radical (unpaired) electrons. The molecule has 0 fully saturated rings. The molecule has 0 unspecified atom stereocenters. The summed E-state index contributed by atoms with van der Waals surface area (Å²) >= 11 is 0. The fourth-order valence-corrected chi connectivity index (χ4v) is 5.09. The van der Waals surface area contributed by atoms with Gasteiger partial charge in [0.25, 0.3) is 5.78 Å². The predicted molar refractivity (Wildman–Crippen MR) is 146 cm³/mol. The van der Waals surface area contributed by atoms with E-state index in [1.807, 2.05) is 71.3 Å². The first kappa shape index (κ1) is 23.5. The van der Waals surface area contributed by atoms with Crippen LogP contribution in [0, 0.1) is 0 Å². The lowest BCUT2D eigenvalue weighted by atomic mass is 9.77. The van der Waals surface area contributed by atoms with Crippen molar-refractivity contribution in [3.05, 3.63) is 174 Å². The van der Waals surface area contributed by atoms with Crippen LogP contribution in [0.25, 0.3) is 0 Å². The van der Waals surface area contributed by atoms with Gasteiger partial charge in [-0.05, 0) is 35.1 Å². The van der Waals surface area contributed by atoms with Crippen LogP contribution in [0.5, 0.6) is 0 Å². The lowest BCUT2D eigenvalue weighted by molar-refractivity contribution is 0.0938. The third-order valence-corrected chi connectivity index (χ3v) is 6.92. The maximum absolute atomic E-state index is 13.4. The second-order valence-electron chi connectivity index (χ2n) is 9.16. The fraction of sp³-hybridized carbons (Fsp3) is 0.0909. The Morgan fingerprint density at radius 1 is 0.789 bits per heavy atom. The summed E-state index contributed by atoms with van der Waals surface area (Å²) in [7, 11) is 0. The zero-order valence-corrected chi connectivity index (χ0v) is 20.7. The van der Waals surface area contributed by atoms with E-state index in [1.165, 1.54) is 12.5 Å². The minimum Gasteiger partial charge on any atom is -0.457 e. The van der Waals surface area contributed by atoms with Crippen molar-refractivity contribution in [2.75, 3.05) is 0 Å². The van der Waals surface area contributed by atoms with E-state index in [2.05, 4.69) is 47.5 Å². The zero-order valence-electron chi connectivity index (χ0n) is 20.7. The monoisotopic (exact) mass is 498 g/mol.